The number of methoxy groups -OCH3 is 1. The average Bonchev–Trinajstić information content (AvgIpc) is 2.83. The molecule has 0 aliphatic carbocycles. The predicted octanol–water partition coefficient (Wildman–Crippen LogP) is 4.57. The normalized spacial score (nSPS) is 10.8. The van der Waals surface area contributed by atoms with Crippen molar-refractivity contribution in [1.82, 2.24) is 5.43 Å². The minimum Gasteiger partial charge on any atom is -0.497 e. The van der Waals surface area contributed by atoms with Gasteiger partial charge in [-0.15, -0.1) is 0 Å². The number of rotatable bonds is 9. The standard InChI is InChI=1S/C26H26N2O5/c1-18(2)20-7-13-23(14-8-20)32-17-25(29)28-27-16-19-5-4-6-24(15-19)33-26(30)21-9-11-22(31-3)12-10-21/h4-16,18H,17H2,1-3H3,(H,28,29)/b27-16+. The third kappa shape index (κ3) is 7.21. The Hall–Kier alpha value is -4.13. The number of hydrazone groups is 1. The van der Waals surface area contributed by atoms with E-state index in [-0.39, 0.29) is 12.5 Å². The lowest BCUT2D eigenvalue weighted by atomic mass is 10.0. The number of hydrogen-bond donors (Lipinski definition) is 1. The fourth-order valence-corrected chi connectivity index (χ4v) is 2.86. The molecule has 0 aliphatic heterocycles. The highest BCUT2D eigenvalue weighted by Crippen LogP contribution is 2.19. The third-order valence-corrected chi connectivity index (χ3v) is 4.71. The molecular formula is C26H26N2O5. The predicted molar refractivity (Wildman–Crippen MR) is 126 cm³/mol. The molecule has 0 spiro atoms. The molecule has 3 aromatic rings. The molecule has 0 radical (unpaired) electrons. The summed E-state index contributed by atoms with van der Waals surface area (Å²) in [5, 5.41) is 3.93. The van der Waals surface area contributed by atoms with Gasteiger partial charge in [0.1, 0.15) is 17.2 Å². The Morgan fingerprint density at radius 1 is 0.939 bits per heavy atom. The molecule has 0 heterocycles. The summed E-state index contributed by atoms with van der Waals surface area (Å²) in [4.78, 5) is 24.3. The largest absolute Gasteiger partial charge is 0.497 e. The minimum absolute atomic E-state index is 0.155. The first-order valence-corrected chi connectivity index (χ1v) is 10.5. The molecule has 0 unspecified atom stereocenters. The first-order chi connectivity index (χ1) is 15.9. The van der Waals surface area contributed by atoms with E-state index >= 15 is 0 Å². The van der Waals surface area contributed by atoms with E-state index in [4.69, 9.17) is 14.2 Å². The van der Waals surface area contributed by atoms with Gasteiger partial charge in [0.25, 0.3) is 5.91 Å². The van der Waals surface area contributed by atoms with Crippen molar-refractivity contribution in [3.05, 3.63) is 89.5 Å². The smallest absolute Gasteiger partial charge is 0.343 e. The van der Waals surface area contributed by atoms with E-state index < -0.39 is 5.97 Å². The summed E-state index contributed by atoms with van der Waals surface area (Å²) < 4.78 is 16.0. The maximum Gasteiger partial charge on any atom is 0.343 e. The highest BCUT2D eigenvalue weighted by molar-refractivity contribution is 5.91. The number of carbonyl (C=O) groups is 2. The van der Waals surface area contributed by atoms with E-state index in [1.165, 1.54) is 11.8 Å². The van der Waals surface area contributed by atoms with E-state index in [1.807, 2.05) is 24.3 Å². The van der Waals surface area contributed by atoms with Crippen LogP contribution in [0.3, 0.4) is 0 Å². The van der Waals surface area contributed by atoms with Gasteiger partial charge in [-0.3, -0.25) is 4.79 Å². The summed E-state index contributed by atoms with van der Waals surface area (Å²) in [6.45, 7) is 4.07. The van der Waals surface area contributed by atoms with Gasteiger partial charge in [0.15, 0.2) is 6.61 Å². The Balaban J connectivity index is 1.49. The molecule has 170 valence electrons. The number of nitrogens with one attached hydrogen (secondary N) is 1. The van der Waals surface area contributed by atoms with Gasteiger partial charge < -0.3 is 14.2 Å². The van der Waals surface area contributed by atoms with Crippen molar-refractivity contribution < 1.29 is 23.8 Å². The molecule has 1 amide bonds. The summed E-state index contributed by atoms with van der Waals surface area (Å²) in [6, 6.07) is 21.1. The lowest BCUT2D eigenvalue weighted by Crippen LogP contribution is -2.24. The average molecular weight is 447 g/mol. The number of amides is 1. The Morgan fingerprint density at radius 2 is 1.64 bits per heavy atom. The van der Waals surface area contributed by atoms with Crippen LogP contribution in [-0.4, -0.2) is 31.8 Å². The SMILES string of the molecule is COc1ccc(C(=O)Oc2cccc(/C=N/NC(=O)COc3ccc(C(C)C)cc3)c2)cc1. The molecule has 0 bridgehead atoms. The number of benzene rings is 3. The molecule has 7 heteroatoms. The quantitative estimate of drug-likeness (QED) is 0.225. The van der Waals surface area contributed by atoms with Crippen LogP contribution < -0.4 is 19.6 Å². The second kappa shape index (κ2) is 11.5. The van der Waals surface area contributed by atoms with Crippen LogP contribution in [0, 0.1) is 0 Å². The van der Waals surface area contributed by atoms with Crippen LogP contribution in [0.15, 0.2) is 77.9 Å². The van der Waals surface area contributed by atoms with E-state index in [9.17, 15) is 9.59 Å². The van der Waals surface area contributed by atoms with Gasteiger partial charge in [-0.05, 0) is 65.6 Å². The molecule has 0 fully saturated rings. The number of nitrogens with zero attached hydrogens (tertiary/aromatic N) is 1. The number of ether oxygens (including phenoxy) is 3. The lowest BCUT2D eigenvalue weighted by Gasteiger charge is -2.08. The van der Waals surface area contributed by atoms with Crippen molar-refractivity contribution in [2.45, 2.75) is 19.8 Å². The van der Waals surface area contributed by atoms with Gasteiger partial charge in [0.05, 0.1) is 18.9 Å². The molecule has 7 nitrogen and oxygen atoms in total. The molecule has 0 saturated carbocycles. The summed E-state index contributed by atoms with van der Waals surface area (Å²) in [6.07, 6.45) is 1.46. The van der Waals surface area contributed by atoms with E-state index in [0.717, 1.165) is 0 Å². The molecule has 0 aromatic heterocycles. The monoisotopic (exact) mass is 446 g/mol. The van der Waals surface area contributed by atoms with Gasteiger partial charge in [-0.25, -0.2) is 10.2 Å². The second-order valence-corrected chi connectivity index (χ2v) is 7.50. The van der Waals surface area contributed by atoms with Crippen LogP contribution in [0.1, 0.15) is 41.3 Å². The van der Waals surface area contributed by atoms with Crippen molar-refractivity contribution in [3.8, 4) is 17.2 Å². The molecule has 33 heavy (non-hydrogen) atoms. The van der Waals surface area contributed by atoms with Crippen LogP contribution in [0.25, 0.3) is 0 Å². The molecule has 0 aliphatic rings. The van der Waals surface area contributed by atoms with Gasteiger partial charge >= 0.3 is 5.97 Å². The van der Waals surface area contributed by atoms with E-state index in [1.54, 1.807) is 55.6 Å². The Kier molecular flexibility index (Phi) is 8.18. The van der Waals surface area contributed by atoms with Gasteiger partial charge in [0.2, 0.25) is 0 Å². The first-order valence-electron chi connectivity index (χ1n) is 10.5. The highest BCUT2D eigenvalue weighted by atomic mass is 16.5. The van der Waals surface area contributed by atoms with Crippen molar-refractivity contribution in [2.75, 3.05) is 13.7 Å². The Morgan fingerprint density at radius 3 is 2.30 bits per heavy atom. The first kappa shape index (κ1) is 23.5. The number of hydrogen-bond acceptors (Lipinski definition) is 6. The van der Waals surface area contributed by atoms with Gasteiger partial charge in [0, 0.05) is 0 Å². The second-order valence-electron chi connectivity index (χ2n) is 7.50. The maximum atomic E-state index is 12.3. The summed E-state index contributed by atoms with van der Waals surface area (Å²) in [5.41, 5.74) is 4.67. The van der Waals surface area contributed by atoms with Crippen molar-refractivity contribution in [3.63, 3.8) is 0 Å². The van der Waals surface area contributed by atoms with Crippen molar-refractivity contribution in [2.24, 2.45) is 5.10 Å². The van der Waals surface area contributed by atoms with E-state index in [0.29, 0.717) is 34.3 Å². The highest BCUT2D eigenvalue weighted by Gasteiger charge is 2.09. The lowest BCUT2D eigenvalue weighted by molar-refractivity contribution is -0.123. The zero-order valence-corrected chi connectivity index (χ0v) is 18.8. The van der Waals surface area contributed by atoms with Crippen molar-refractivity contribution >= 4 is 18.1 Å². The minimum atomic E-state index is -0.487. The van der Waals surface area contributed by atoms with Crippen LogP contribution in [0.5, 0.6) is 17.2 Å². The maximum absolute atomic E-state index is 12.3. The molecule has 3 aromatic carbocycles. The molecular weight excluding hydrogens is 420 g/mol. The fourth-order valence-electron chi connectivity index (χ4n) is 2.86. The van der Waals surface area contributed by atoms with E-state index in [2.05, 4.69) is 24.4 Å². The topological polar surface area (TPSA) is 86.2 Å². The Bertz CT molecular complexity index is 1110. The molecule has 0 saturated heterocycles. The summed E-state index contributed by atoms with van der Waals surface area (Å²) in [5.74, 6) is 1.19. The zero-order chi connectivity index (χ0) is 23.6. The van der Waals surface area contributed by atoms with Crippen LogP contribution in [-0.2, 0) is 4.79 Å². The summed E-state index contributed by atoms with van der Waals surface area (Å²) >= 11 is 0. The fraction of sp³-hybridized carbons (Fsp3) is 0.192. The van der Waals surface area contributed by atoms with Crippen LogP contribution in [0.2, 0.25) is 0 Å². The van der Waals surface area contributed by atoms with Crippen molar-refractivity contribution in [1.29, 1.82) is 0 Å². The third-order valence-electron chi connectivity index (χ3n) is 4.71. The Labute approximate surface area is 193 Å². The molecule has 3 rings (SSSR count). The zero-order valence-electron chi connectivity index (χ0n) is 18.8. The van der Waals surface area contributed by atoms with Crippen LogP contribution in [0.4, 0.5) is 0 Å². The number of esters is 1. The number of carbonyl (C=O) groups excluding carboxylic acids is 2. The van der Waals surface area contributed by atoms with Gasteiger partial charge in [-0.2, -0.15) is 5.10 Å². The molecule has 1 N–H and O–H groups in total. The van der Waals surface area contributed by atoms with Crippen LogP contribution >= 0.6 is 0 Å². The molecule has 0 atom stereocenters. The summed E-state index contributed by atoms with van der Waals surface area (Å²) in [7, 11) is 1.56. The van der Waals surface area contributed by atoms with Gasteiger partial charge in [-0.1, -0.05) is 38.1 Å².